The van der Waals surface area contributed by atoms with Gasteiger partial charge in [0.2, 0.25) is 0 Å². The van der Waals surface area contributed by atoms with Crippen LogP contribution >= 0.6 is 11.6 Å². The van der Waals surface area contributed by atoms with Crippen LogP contribution in [0.2, 0.25) is 5.15 Å². The Morgan fingerprint density at radius 2 is 2.05 bits per heavy atom. The van der Waals surface area contributed by atoms with Gasteiger partial charge in [-0.25, -0.2) is 4.98 Å². The van der Waals surface area contributed by atoms with Crippen molar-refractivity contribution in [1.82, 2.24) is 9.38 Å². The van der Waals surface area contributed by atoms with E-state index in [-0.39, 0.29) is 0 Å². The standard InChI is InChI=1S/C16H11ClN4/c1-10-11(5-4-8-18)15(17)21-14-7-3-2-6-13(14)20-16(21)12(10)9-19/h2-3,6-7H,4-5H2,1H3. The minimum absolute atomic E-state index is 0.365. The average molecular weight is 295 g/mol. The van der Waals surface area contributed by atoms with Gasteiger partial charge in [0.1, 0.15) is 11.2 Å². The Hall–Kier alpha value is -2.56. The average Bonchev–Trinajstić information content (AvgIpc) is 2.87. The summed E-state index contributed by atoms with van der Waals surface area (Å²) in [6, 6.07) is 12.0. The van der Waals surface area contributed by atoms with Gasteiger partial charge in [0, 0.05) is 6.42 Å². The fourth-order valence-corrected chi connectivity index (χ4v) is 3.01. The zero-order valence-electron chi connectivity index (χ0n) is 11.4. The summed E-state index contributed by atoms with van der Waals surface area (Å²) in [5.74, 6) is 0. The van der Waals surface area contributed by atoms with Crippen LogP contribution in [0.25, 0.3) is 16.7 Å². The summed E-state index contributed by atoms with van der Waals surface area (Å²) < 4.78 is 1.80. The lowest BCUT2D eigenvalue weighted by Crippen LogP contribution is -2.02. The van der Waals surface area contributed by atoms with Crippen molar-refractivity contribution in [3.8, 4) is 12.1 Å². The molecule has 0 aliphatic rings. The number of nitrogens with zero attached hydrogens (tertiary/aromatic N) is 4. The van der Waals surface area contributed by atoms with Gasteiger partial charge in [-0.1, -0.05) is 23.7 Å². The first kappa shape index (κ1) is 13.4. The molecule has 0 saturated heterocycles. The molecule has 0 saturated carbocycles. The van der Waals surface area contributed by atoms with E-state index in [1.807, 2.05) is 31.2 Å². The lowest BCUT2D eigenvalue weighted by atomic mass is 10.0. The zero-order chi connectivity index (χ0) is 15.0. The number of aromatic nitrogens is 2. The summed E-state index contributed by atoms with van der Waals surface area (Å²) in [7, 11) is 0. The maximum absolute atomic E-state index is 9.47. The number of hydrogen-bond acceptors (Lipinski definition) is 3. The Labute approximate surface area is 126 Å². The Kier molecular flexibility index (Phi) is 3.25. The minimum atomic E-state index is 0.365. The molecule has 3 rings (SSSR count). The second-order valence-corrected chi connectivity index (χ2v) is 5.16. The summed E-state index contributed by atoms with van der Waals surface area (Å²) in [6.45, 7) is 1.86. The van der Waals surface area contributed by atoms with Crippen molar-refractivity contribution in [2.45, 2.75) is 19.8 Å². The molecule has 5 heteroatoms. The molecule has 0 amide bonds. The molecule has 0 unspecified atom stereocenters. The SMILES string of the molecule is Cc1c(CCC#N)c(Cl)n2c(nc3ccccc32)c1C#N. The lowest BCUT2D eigenvalue weighted by molar-refractivity contribution is 0.971. The normalized spacial score (nSPS) is 10.7. The molecule has 0 radical (unpaired) electrons. The fourth-order valence-electron chi connectivity index (χ4n) is 2.61. The predicted octanol–water partition coefficient (Wildman–Crippen LogP) is 3.78. The highest BCUT2D eigenvalue weighted by Crippen LogP contribution is 2.31. The number of para-hydroxylation sites is 2. The molecule has 0 N–H and O–H groups in total. The number of benzene rings is 1. The number of fused-ring (bicyclic) bond motifs is 3. The van der Waals surface area contributed by atoms with E-state index in [1.165, 1.54) is 0 Å². The second kappa shape index (κ2) is 5.09. The number of halogens is 1. The molecule has 0 fully saturated rings. The molecule has 21 heavy (non-hydrogen) atoms. The summed E-state index contributed by atoms with van der Waals surface area (Å²) in [5.41, 5.74) is 4.40. The van der Waals surface area contributed by atoms with Crippen molar-refractivity contribution in [2.24, 2.45) is 0 Å². The topological polar surface area (TPSA) is 64.9 Å². The van der Waals surface area contributed by atoms with Crippen LogP contribution in [0.4, 0.5) is 0 Å². The number of rotatable bonds is 2. The van der Waals surface area contributed by atoms with Gasteiger partial charge in [-0.05, 0) is 36.6 Å². The monoisotopic (exact) mass is 294 g/mol. The van der Waals surface area contributed by atoms with Gasteiger partial charge in [-0.2, -0.15) is 10.5 Å². The van der Waals surface area contributed by atoms with Gasteiger partial charge in [-0.15, -0.1) is 0 Å². The second-order valence-electron chi connectivity index (χ2n) is 4.80. The van der Waals surface area contributed by atoms with E-state index in [4.69, 9.17) is 16.9 Å². The third-order valence-electron chi connectivity index (χ3n) is 3.66. The minimum Gasteiger partial charge on any atom is -0.281 e. The van der Waals surface area contributed by atoms with E-state index in [0.717, 1.165) is 22.2 Å². The first-order valence-electron chi connectivity index (χ1n) is 6.54. The predicted molar refractivity (Wildman–Crippen MR) is 81.1 cm³/mol. The highest BCUT2D eigenvalue weighted by atomic mass is 35.5. The quantitative estimate of drug-likeness (QED) is 0.676. The Morgan fingerprint density at radius 3 is 2.76 bits per heavy atom. The highest BCUT2D eigenvalue weighted by Gasteiger charge is 2.19. The molecule has 0 spiro atoms. The molecule has 0 aliphatic carbocycles. The third-order valence-corrected chi connectivity index (χ3v) is 4.05. The van der Waals surface area contributed by atoms with Gasteiger partial charge >= 0.3 is 0 Å². The van der Waals surface area contributed by atoms with E-state index >= 15 is 0 Å². The van der Waals surface area contributed by atoms with E-state index in [1.54, 1.807) is 4.40 Å². The Morgan fingerprint density at radius 1 is 1.29 bits per heavy atom. The zero-order valence-corrected chi connectivity index (χ0v) is 12.1. The van der Waals surface area contributed by atoms with E-state index in [9.17, 15) is 5.26 Å². The summed E-state index contributed by atoms with van der Waals surface area (Å²) in [4.78, 5) is 4.52. The molecule has 0 atom stereocenters. The van der Waals surface area contributed by atoms with Gasteiger partial charge in [0.25, 0.3) is 0 Å². The van der Waals surface area contributed by atoms with Crippen molar-refractivity contribution in [3.63, 3.8) is 0 Å². The van der Waals surface area contributed by atoms with Crippen molar-refractivity contribution in [1.29, 1.82) is 10.5 Å². The van der Waals surface area contributed by atoms with Crippen LogP contribution < -0.4 is 0 Å². The molecule has 2 aromatic heterocycles. The Balaban J connectivity index is 2.48. The molecular weight excluding hydrogens is 284 g/mol. The van der Waals surface area contributed by atoms with Crippen molar-refractivity contribution in [2.75, 3.05) is 0 Å². The van der Waals surface area contributed by atoms with Crippen LogP contribution in [-0.2, 0) is 6.42 Å². The van der Waals surface area contributed by atoms with Gasteiger partial charge < -0.3 is 0 Å². The lowest BCUT2D eigenvalue weighted by Gasteiger charge is -2.11. The van der Waals surface area contributed by atoms with E-state index < -0.39 is 0 Å². The van der Waals surface area contributed by atoms with Crippen LogP contribution in [0.3, 0.4) is 0 Å². The molecule has 4 nitrogen and oxygen atoms in total. The number of imidazole rings is 1. The molecule has 2 heterocycles. The van der Waals surface area contributed by atoms with Crippen LogP contribution in [0.5, 0.6) is 0 Å². The number of hydrogen-bond donors (Lipinski definition) is 0. The maximum Gasteiger partial charge on any atom is 0.157 e. The van der Waals surface area contributed by atoms with Gasteiger partial charge in [0.15, 0.2) is 5.65 Å². The summed E-state index contributed by atoms with van der Waals surface area (Å²) in [5, 5.41) is 18.8. The van der Waals surface area contributed by atoms with Crippen LogP contribution in [0.15, 0.2) is 24.3 Å². The Bertz CT molecular complexity index is 941. The summed E-state index contributed by atoms with van der Waals surface area (Å²) >= 11 is 6.54. The molecule has 102 valence electrons. The highest BCUT2D eigenvalue weighted by molar-refractivity contribution is 6.31. The van der Waals surface area contributed by atoms with Gasteiger partial charge in [0.05, 0.1) is 22.7 Å². The van der Waals surface area contributed by atoms with Crippen LogP contribution in [0, 0.1) is 29.6 Å². The molecular formula is C16H11ClN4. The first-order valence-corrected chi connectivity index (χ1v) is 6.92. The molecule has 0 aliphatic heterocycles. The first-order chi connectivity index (χ1) is 10.2. The van der Waals surface area contributed by atoms with Crippen molar-refractivity contribution < 1.29 is 0 Å². The third kappa shape index (κ3) is 1.93. The summed E-state index contributed by atoms with van der Waals surface area (Å²) in [6.07, 6.45) is 0.891. The fraction of sp³-hybridized carbons (Fsp3) is 0.188. The number of pyridine rings is 1. The molecule has 3 aromatic rings. The smallest absolute Gasteiger partial charge is 0.157 e. The van der Waals surface area contributed by atoms with Gasteiger partial charge in [-0.3, -0.25) is 4.40 Å². The maximum atomic E-state index is 9.47. The van der Waals surface area contributed by atoms with Crippen LogP contribution in [-0.4, -0.2) is 9.38 Å². The number of nitriles is 2. The van der Waals surface area contributed by atoms with Crippen molar-refractivity contribution >= 4 is 28.3 Å². The van der Waals surface area contributed by atoms with E-state index in [2.05, 4.69) is 17.1 Å². The van der Waals surface area contributed by atoms with E-state index in [0.29, 0.717) is 29.2 Å². The van der Waals surface area contributed by atoms with Crippen LogP contribution in [0.1, 0.15) is 23.1 Å². The molecule has 1 aromatic carbocycles. The largest absolute Gasteiger partial charge is 0.281 e. The van der Waals surface area contributed by atoms with Crippen molar-refractivity contribution in [3.05, 3.63) is 46.1 Å². The molecule has 0 bridgehead atoms.